The molecule has 2 heteroatoms. The van der Waals surface area contributed by atoms with Gasteiger partial charge >= 0.3 is 0 Å². The third kappa shape index (κ3) is 2.22. The fraction of sp³-hybridized carbons (Fsp3) is 0.190. The lowest BCUT2D eigenvalue weighted by atomic mass is 9.94. The van der Waals surface area contributed by atoms with Crippen molar-refractivity contribution in [2.45, 2.75) is 19.8 Å². The van der Waals surface area contributed by atoms with Crippen LogP contribution in [0, 0.1) is 0 Å². The fourth-order valence-corrected chi connectivity index (χ4v) is 3.25. The van der Waals surface area contributed by atoms with Gasteiger partial charge in [-0.3, -0.25) is 0 Å². The maximum absolute atomic E-state index is 4.67. The summed E-state index contributed by atoms with van der Waals surface area (Å²) in [6.45, 7) is 4.45. The molecule has 114 valence electrons. The Bertz CT molecular complexity index is 992. The van der Waals surface area contributed by atoms with Crippen LogP contribution in [-0.4, -0.2) is 9.55 Å². The van der Waals surface area contributed by atoms with Crippen LogP contribution in [0.5, 0.6) is 0 Å². The van der Waals surface area contributed by atoms with Crippen LogP contribution in [0.2, 0.25) is 0 Å². The third-order valence-corrected chi connectivity index (χ3v) is 4.61. The van der Waals surface area contributed by atoms with Crippen LogP contribution in [0.25, 0.3) is 32.9 Å². The van der Waals surface area contributed by atoms with Gasteiger partial charge in [-0.25, -0.2) is 4.98 Å². The molecule has 4 aromatic rings. The first-order valence-electron chi connectivity index (χ1n) is 8.08. The van der Waals surface area contributed by atoms with Gasteiger partial charge in [0, 0.05) is 12.6 Å². The first kappa shape index (κ1) is 14.0. The Kier molecular flexibility index (Phi) is 3.19. The Labute approximate surface area is 136 Å². The van der Waals surface area contributed by atoms with Crippen molar-refractivity contribution in [3.8, 4) is 11.1 Å². The molecule has 0 N–H and O–H groups in total. The van der Waals surface area contributed by atoms with E-state index in [1.807, 2.05) is 6.33 Å². The first-order chi connectivity index (χ1) is 11.1. The molecular formula is C21H20N2. The molecule has 0 bridgehead atoms. The van der Waals surface area contributed by atoms with E-state index >= 15 is 0 Å². The maximum Gasteiger partial charge on any atom is 0.0969 e. The van der Waals surface area contributed by atoms with Crippen molar-refractivity contribution in [2.24, 2.45) is 7.05 Å². The number of hydrogen-bond donors (Lipinski definition) is 0. The Hall–Kier alpha value is -2.61. The minimum atomic E-state index is 0.548. The molecule has 0 amide bonds. The van der Waals surface area contributed by atoms with E-state index in [-0.39, 0.29) is 0 Å². The highest BCUT2D eigenvalue weighted by atomic mass is 15.0. The predicted octanol–water partition coefficient (Wildman–Crippen LogP) is 5.52. The molecule has 0 aliphatic rings. The highest BCUT2D eigenvalue weighted by molar-refractivity contribution is 6.10. The van der Waals surface area contributed by atoms with E-state index in [1.165, 1.54) is 33.0 Å². The molecular weight excluding hydrogens is 280 g/mol. The number of aryl methyl sites for hydroxylation is 1. The number of rotatable bonds is 2. The van der Waals surface area contributed by atoms with Crippen molar-refractivity contribution in [2.75, 3.05) is 0 Å². The summed E-state index contributed by atoms with van der Waals surface area (Å²) in [6.07, 6.45) is 1.90. The van der Waals surface area contributed by atoms with Crippen LogP contribution < -0.4 is 0 Å². The summed E-state index contributed by atoms with van der Waals surface area (Å²) < 4.78 is 2.09. The summed E-state index contributed by atoms with van der Waals surface area (Å²) in [4.78, 5) is 4.67. The maximum atomic E-state index is 4.67. The Morgan fingerprint density at radius 3 is 2.43 bits per heavy atom. The van der Waals surface area contributed by atoms with Crippen LogP contribution in [0.3, 0.4) is 0 Å². The lowest BCUT2D eigenvalue weighted by Gasteiger charge is -2.11. The van der Waals surface area contributed by atoms with Crippen molar-refractivity contribution in [3.63, 3.8) is 0 Å². The second-order valence-electron chi connectivity index (χ2n) is 6.47. The number of nitrogens with zero attached hydrogens (tertiary/aromatic N) is 2. The zero-order chi connectivity index (χ0) is 16.0. The summed E-state index contributed by atoms with van der Waals surface area (Å²) >= 11 is 0. The predicted molar refractivity (Wildman–Crippen MR) is 97.7 cm³/mol. The minimum Gasteiger partial charge on any atom is -0.334 e. The van der Waals surface area contributed by atoms with E-state index in [2.05, 4.69) is 85.0 Å². The van der Waals surface area contributed by atoms with Crippen LogP contribution in [0.15, 0.2) is 60.9 Å². The molecule has 0 fully saturated rings. The van der Waals surface area contributed by atoms with E-state index < -0.39 is 0 Å². The summed E-state index contributed by atoms with van der Waals surface area (Å²) in [6, 6.07) is 19.7. The van der Waals surface area contributed by atoms with E-state index in [4.69, 9.17) is 0 Å². The van der Waals surface area contributed by atoms with Gasteiger partial charge in [0.15, 0.2) is 0 Å². The number of benzene rings is 3. The normalized spacial score (nSPS) is 11.7. The number of hydrogen-bond acceptors (Lipinski definition) is 1. The first-order valence-corrected chi connectivity index (χ1v) is 8.08. The monoisotopic (exact) mass is 300 g/mol. The van der Waals surface area contributed by atoms with Gasteiger partial charge in [-0.1, -0.05) is 62.4 Å². The summed E-state index contributed by atoms with van der Waals surface area (Å²) in [5.74, 6) is 0.548. The molecule has 0 aliphatic heterocycles. The van der Waals surface area contributed by atoms with Gasteiger partial charge in [0.2, 0.25) is 0 Å². The summed E-state index contributed by atoms with van der Waals surface area (Å²) in [5.41, 5.74) is 6.07. The fourth-order valence-electron chi connectivity index (χ4n) is 3.25. The number of fused-ring (bicyclic) bond motifs is 2. The summed E-state index contributed by atoms with van der Waals surface area (Å²) in [7, 11) is 2.05. The van der Waals surface area contributed by atoms with Crippen molar-refractivity contribution >= 4 is 21.8 Å². The van der Waals surface area contributed by atoms with Gasteiger partial charge in [-0.15, -0.1) is 0 Å². The van der Waals surface area contributed by atoms with Crippen molar-refractivity contribution in [3.05, 3.63) is 66.5 Å². The quantitative estimate of drug-likeness (QED) is 0.477. The standard InChI is InChI=1S/C21H20N2/c1-14(2)15-8-10-16(11-9-15)20-18-7-5-4-6-17(18)12-19-21(20)22-13-23(19)3/h4-14H,1-3H3. The van der Waals surface area contributed by atoms with E-state index in [0.29, 0.717) is 5.92 Å². The van der Waals surface area contributed by atoms with Crippen molar-refractivity contribution in [1.29, 1.82) is 0 Å². The lowest BCUT2D eigenvalue weighted by molar-refractivity contribution is 0.867. The van der Waals surface area contributed by atoms with Crippen LogP contribution >= 0.6 is 0 Å². The molecule has 0 atom stereocenters. The van der Waals surface area contributed by atoms with Crippen LogP contribution in [-0.2, 0) is 7.05 Å². The second kappa shape index (κ2) is 5.24. The molecule has 3 aromatic carbocycles. The van der Waals surface area contributed by atoms with Gasteiger partial charge in [0.1, 0.15) is 0 Å². The molecule has 4 rings (SSSR count). The molecule has 0 spiro atoms. The molecule has 2 nitrogen and oxygen atoms in total. The molecule has 0 radical (unpaired) electrons. The van der Waals surface area contributed by atoms with E-state index in [9.17, 15) is 0 Å². The van der Waals surface area contributed by atoms with Gasteiger partial charge in [0.05, 0.1) is 17.4 Å². The van der Waals surface area contributed by atoms with E-state index in [0.717, 1.165) is 5.52 Å². The second-order valence-corrected chi connectivity index (χ2v) is 6.47. The third-order valence-electron chi connectivity index (χ3n) is 4.61. The Morgan fingerprint density at radius 1 is 0.957 bits per heavy atom. The van der Waals surface area contributed by atoms with Gasteiger partial charge in [-0.2, -0.15) is 0 Å². The van der Waals surface area contributed by atoms with Gasteiger partial charge < -0.3 is 4.57 Å². The Balaban J connectivity index is 2.06. The highest BCUT2D eigenvalue weighted by Crippen LogP contribution is 2.35. The van der Waals surface area contributed by atoms with Crippen LogP contribution in [0.4, 0.5) is 0 Å². The lowest BCUT2D eigenvalue weighted by Crippen LogP contribution is -1.90. The summed E-state index contributed by atoms with van der Waals surface area (Å²) in [5, 5.41) is 2.52. The van der Waals surface area contributed by atoms with E-state index in [1.54, 1.807) is 0 Å². The molecule has 0 saturated heterocycles. The highest BCUT2D eigenvalue weighted by Gasteiger charge is 2.13. The SMILES string of the molecule is CC(C)c1ccc(-c2c3ccccc3cc3c2ncn3C)cc1. The van der Waals surface area contributed by atoms with Crippen molar-refractivity contribution in [1.82, 2.24) is 9.55 Å². The zero-order valence-electron chi connectivity index (χ0n) is 13.7. The average Bonchev–Trinajstić information content (AvgIpc) is 2.94. The zero-order valence-corrected chi connectivity index (χ0v) is 13.7. The van der Waals surface area contributed by atoms with Crippen LogP contribution in [0.1, 0.15) is 25.3 Å². The molecule has 1 aromatic heterocycles. The molecule has 0 saturated carbocycles. The van der Waals surface area contributed by atoms with Gasteiger partial charge in [-0.05, 0) is 33.9 Å². The molecule has 1 heterocycles. The molecule has 23 heavy (non-hydrogen) atoms. The topological polar surface area (TPSA) is 17.8 Å². The molecule has 0 unspecified atom stereocenters. The average molecular weight is 300 g/mol. The largest absolute Gasteiger partial charge is 0.334 e. The van der Waals surface area contributed by atoms with Crippen molar-refractivity contribution < 1.29 is 0 Å². The number of imidazole rings is 1. The number of aromatic nitrogens is 2. The smallest absolute Gasteiger partial charge is 0.0969 e. The minimum absolute atomic E-state index is 0.548. The van der Waals surface area contributed by atoms with Gasteiger partial charge in [0.25, 0.3) is 0 Å². The Morgan fingerprint density at radius 2 is 1.70 bits per heavy atom. The molecule has 0 aliphatic carbocycles.